The van der Waals surface area contributed by atoms with E-state index in [9.17, 15) is 5.11 Å². The van der Waals surface area contributed by atoms with Crippen molar-refractivity contribution in [1.29, 1.82) is 0 Å². The normalized spacial score (nSPS) is 30.9. The molecule has 2 fully saturated rings. The highest BCUT2D eigenvalue weighted by Crippen LogP contribution is 2.48. The van der Waals surface area contributed by atoms with Crippen molar-refractivity contribution < 1.29 is 9.84 Å². The molecule has 0 radical (unpaired) electrons. The highest BCUT2D eigenvalue weighted by Gasteiger charge is 2.39. The number of rotatable bonds is 8. The smallest absolute Gasteiger partial charge is 0.0900 e. The Morgan fingerprint density at radius 3 is 2.30 bits per heavy atom. The van der Waals surface area contributed by atoms with E-state index in [1.165, 1.54) is 25.7 Å². The second-order valence-corrected chi connectivity index (χ2v) is 7.51. The molecule has 20 heavy (non-hydrogen) atoms. The van der Waals surface area contributed by atoms with Gasteiger partial charge in [-0.15, -0.1) is 0 Å². The summed E-state index contributed by atoms with van der Waals surface area (Å²) in [6.07, 6.45) is 5.30. The monoisotopic (exact) mass is 283 g/mol. The van der Waals surface area contributed by atoms with E-state index in [1.807, 2.05) is 0 Å². The average molecular weight is 283 g/mol. The van der Waals surface area contributed by atoms with E-state index in [4.69, 9.17) is 4.74 Å². The molecule has 0 aromatic heterocycles. The van der Waals surface area contributed by atoms with Crippen LogP contribution in [0.15, 0.2) is 0 Å². The Labute approximate surface area is 124 Å². The number of fused-ring (bicyclic) bond motifs is 2. The number of hydrogen-bond donors (Lipinski definition) is 1. The van der Waals surface area contributed by atoms with Crippen LogP contribution in [0.3, 0.4) is 0 Å². The minimum Gasteiger partial charge on any atom is -0.389 e. The van der Waals surface area contributed by atoms with Crippen molar-refractivity contribution in [3.63, 3.8) is 0 Å². The zero-order chi connectivity index (χ0) is 14.7. The molecule has 4 atom stereocenters. The summed E-state index contributed by atoms with van der Waals surface area (Å²) >= 11 is 0. The molecule has 0 saturated heterocycles. The number of aliphatic hydroxyl groups is 1. The standard InChI is InChI=1S/C17H33NO2/c1-12(2)18(13(3)4)9-17(19)11-20-10-16-8-14-5-6-15(16)7-14/h12-17,19H,5-11H2,1-4H3/t14-,15-,16+,17+/m1/s1. The van der Waals surface area contributed by atoms with Gasteiger partial charge in [-0.1, -0.05) is 6.42 Å². The quantitative estimate of drug-likeness (QED) is 0.743. The van der Waals surface area contributed by atoms with E-state index >= 15 is 0 Å². The Bertz CT molecular complexity index is 285. The first kappa shape index (κ1) is 16.3. The number of nitrogens with zero attached hydrogens (tertiary/aromatic N) is 1. The molecule has 3 heteroatoms. The largest absolute Gasteiger partial charge is 0.389 e. The van der Waals surface area contributed by atoms with Gasteiger partial charge >= 0.3 is 0 Å². The molecule has 0 aromatic rings. The van der Waals surface area contributed by atoms with Gasteiger partial charge in [-0.2, -0.15) is 0 Å². The summed E-state index contributed by atoms with van der Waals surface area (Å²) in [6.45, 7) is 10.8. The van der Waals surface area contributed by atoms with E-state index in [2.05, 4.69) is 32.6 Å². The summed E-state index contributed by atoms with van der Waals surface area (Å²) < 4.78 is 5.82. The third-order valence-electron chi connectivity index (χ3n) is 5.27. The maximum Gasteiger partial charge on any atom is 0.0900 e. The summed E-state index contributed by atoms with van der Waals surface area (Å²) in [7, 11) is 0. The predicted molar refractivity (Wildman–Crippen MR) is 82.7 cm³/mol. The lowest BCUT2D eigenvalue weighted by atomic mass is 9.90. The molecule has 2 saturated carbocycles. The summed E-state index contributed by atoms with van der Waals surface area (Å²) in [5.74, 6) is 2.67. The highest BCUT2D eigenvalue weighted by atomic mass is 16.5. The second-order valence-electron chi connectivity index (χ2n) is 7.51. The molecule has 118 valence electrons. The number of hydrogen-bond acceptors (Lipinski definition) is 3. The average Bonchev–Trinajstić information content (AvgIpc) is 2.97. The maximum atomic E-state index is 10.2. The van der Waals surface area contributed by atoms with Crippen LogP contribution in [0.2, 0.25) is 0 Å². The van der Waals surface area contributed by atoms with Gasteiger partial charge in [-0.05, 0) is 64.7 Å². The zero-order valence-corrected chi connectivity index (χ0v) is 13.7. The van der Waals surface area contributed by atoms with Crippen LogP contribution in [0, 0.1) is 17.8 Å². The Morgan fingerprint density at radius 2 is 1.80 bits per heavy atom. The zero-order valence-electron chi connectivity index (χ0n) is 13.7. The third kappa shape index (κ3) is 4.19. The Balaban J connectivity index is 1.63. The summed E-state index contributed by atoms with van der Waals surface area (Å²) in [5, 5.41) is 10.2. The molecule has 2 aliphatic carbocycles. The molecule has 0 spiro atoms. The van der Waals surface area contributed by atoms with Crippen molar-refractivity contribution >= 4 is 0 Å². The van der Waals surface area contributed by atoms with Gasteiger partial charge in [0.05, 0.1) is 12.7 Å². The minimum absolute atomic E-state index is 0.363. The van der Waals surface area contributed by atoms with Crippen LogP contribution in [0.25, 0.3) is 0 Å². The fourth-order valence-corrected chi connectivity index (χ4v) is 4.25. The SMILES string of the molecule is CC(C)N(C[C@H](O)COC[C@@H]1C[C@@H]2CC[C@@H]1C2)C(C)C. The molecule has 3 nitrogen and oxygen atoms in total. The van der Waals surface area contributed by atoms with Crippen LogP contribution in [0.5, 0.6) is 0 Å². The lowest BCUT2D eigenvalue weighted by Gasteiger charge is -2.32. The van der Waals surface area contributed by atoms with E-state index < -0.39 is 0 Å². The molecule has 0 heterocycles. The van der Waals surface area contributed by atoms with Crippen LogP contribution in [0.4, 0.5) is 0 Å². The molecule has 1 N–H and O–H groups in total. The molecular weight excluding hydrogens is 250 g/mol. The fraction of sp³-hybridized carbons (Fsp3) is 1.00. The van der Waals surface area contributed by atoms with Gasteiger partial charge in [0, 0.05) is 25.2 Å². The molecule has 2 aliphatic rings. The van der Waals surface area contributed by atoms with E-state index in [-0.39, 0.29) is 6.10 Å². The lowest BCUT2D eigenvalue weighted by Crippen LogP contribution is -2.43. The van der Waals surface area contributed by atoms with Gasteiger partial charge in [0.15, 0.2) is 0 Å². The Hall–Kier alpha value is -0.120. The molecule has 0 aromatic carbocycles. The van der Waals surface area contributed by atoms with Crippen LogP contribution >= 0.6 is 0 Å². The molecular formula is C17H33NO2. The Morgan fingerprint density at radius 1 is 1.10 bits per heavy atom. The molecule has 0 unspecified atom stereocenters. The van der Waals surface area contributed by atoms with Gasteiger partial charge in [-0.3, -0.25) is 4.90 Å². The topological polar surface area (TPSA) is 32.7 Å². The van der Waals surface area contributed by atoms with Gasteiger partial charge in [-0.25, -0.2) is 0 Å². The first-order valence-electron chi connectivity index (χ1n) is 8.49. The van der Waals surface area contributed by atoms with Crippen molar-refractivity contribution in [2.75, 3.05) is 19.8 Å². The first-order chi connectivity index (χ1) is 9.47. The van der Waals surface area contributed by atoms with E-state index in [0.29, 0.717) is 25.2 Å². The van der Waals surface area contributed by atoms with E-state index in [0.717, 1.165) is 24.4 Å². The molecule has 0 amide bonds. The first-order valence-corrected chi connectivity index (χ1v) is 8.49. The van der Waals surface area contributed by atoms with Gasteiger partial charge in [0.25, 0.3) is 0 Å². The highest BCUT2D eigenvalue weighted by molar-refractivity contribution is 4.89. The maximum absolute atomic E-state index is 10.2. The predicted octanol–water partition coefficient (Wildman–Crippen LogP) is 2.92. The lowest BCUT2D eigenvalue weighted by molar-refractivity contribution is -0.0113. The molecule has 2 rings (SSSR count). The van der Waals surface area contributed by atoms with Crippen LogP contribution in [-0.4, -0.2) is 48.0 Å². The molecule has 0 aliphatic heterocycles. The van der Waals surface area contributed by atoms with Crippen molar-refractivity contribution in [2.45, 2.75) is 71.6 Å². The van der Waals surface area contributed by atoms with Crippen molar-refractivity contribution in [1.82, 2.24) is 4.90 Å². The van der Waals surface area contributed by atoms with E-state index in [1.54, 1.807) is 0 Å². The fourth-order valence-electron chi connectivity index (χ4n) is 4.25. The van der Waals surface area contributed by atoms with Gasteiger partial charge < -0.3 is 9.84 Å². The van der Waals surface area contributed by atoms with Crippen molar-refractivity contribution in [2.24, 2.45) is 17.8 Å². The molecule has 2 bridgehead atoms. The van der Waals surface area contributed by atoms with Crippen molar-refractivity contribution in [3.8, 4) is 0 Å². The minimum atomic E-state index is -0.363. The third-order valence-corrected chi connectivity index (χ3v) is 5.27. The number of ether oxygens (including phenoxy) is 1. The van der Waals surface area contributed by atoms with Gasteiger partial charge in [0.2, 0.25) is 0 Å². The van der Waals surface area contributed by atoms with Crippen LogP contribution in [0.1, 0.15) is 53.4 Å². The summed E-state index contributed by atoms with van der Waals surface area (Å²) in [4.78, 5) is 2.32. The summed E-state index contributed by atoms with van der Waals surface area (Å²) in [6, 6.07) is 0.936. The second kappa shape index (κ2) is 7.24. The number of aliphatic hydroxyl groups excluding tert-OH is 1. The van der Waals surface area contributed by atoms with Crippen molar-refractivity contribution in [3.05, 3.63) is 0 Å². The van der Waals surface area contributed by atoms with Crippen LogP contribution in [-0.2, 0) is 4.74 Å². The van der Waals surface area contributed by atoms with Crippen LogP contribution < -0.4 is 0 Å². The summed E-state index contributed by atoms with van der Waals surface area (Å²) in [5.41, 5.74) is 0. The Kier molecular flexibility index (Phi) is 5.88. The van der Waals surface area contributed by atoms with Gasteiger partial charge in [0.1, 0.15) is 0 Å².